The van der Waals surface area contributed by atoms with Crippen molar-refractivity contribution in [1.82, 2.24) is 14.8 Å². The van der Waals surface area contributed by atoms with Crippen LogP contribution in [0.2, 0.25) is 0 Å². The van der Waals surface area contributed by atoms with Gasteiger partial charge in [-0.05, 0) is 45.1 Å². The number of carbonyl (C=O) groups excluding carboxylic acids is 1. The van der Waals surface area contributed by atoms with E-state index in [2.05, 4.69) is 40.9 Å². The van der Waals surface area contributed by atoms with Crippen molar-refractivity contribution in [3.8, 4) is 0 Å². The van der Waals surface area contributed by atoms with Gasteiger partial charge in [0.15, 0.2) is 0 Å². The first kappa shape index (κ1) is 16.7. The summed E-state index contributed by atoms with van der Waals surface area (Å²) in [6.45, 7) is 5.97. The molecule has 1 aliphatic heterocycles. The summed E-state index contributed by atoms with van der Waals surface area (Å²) in [5.41, 5.74) is 3.07. The Kier molecular flexibility index (Phi) is 5.49. The summed E-state index contributed by atoms with van der Waals surface area (Å²) in [4.78, 5) is 22.5. The van der Waals surface area contributed by atoms with E-state index >= 15 is 0 Å². The van der Waals surface area contributed by atoms with Crippen LogP contribution in [0.1, 0.15) is 36.3 Å². The molecule has 0 bridgehead atoms. The number of allylic oxidation sites excluding steroid dienone is 2. The molecule has 2 atom stereocenters. The van der Waals surface area contributed by atoms with Crippen molar-refractivity contribution in [3.05, 3.63) is 28.2 Å². The molecule has 2 aliphatic rings. The minimum absolute atomic E-state index is 0.352. The van der Waals surface area contributed by atoms with Gasteiger partial charge in [0.1, 0.15) is 0 Å². The molecule has 4 nitrogen and oxygen atoms in total. The highest BCUT2D eigenvalue weighted by Crippen LogP contribution is 2.24. The van der Waals surface area contributed by atoms with Crippen LogP contribution >= 0.6 is 11.3 Å². The third-order valence-electron chi connectivity index (χ3n) is 5.02. The maximum Gasteiger partial charge on any atom is 0.223 e. The predicted octanol–water partition coefficient (Wildman–Crippen LogP) is 3.09. The van der Waals surface area contributed by atoms with Gasteiger partial charge in [0, 0.05) is 37.5 Å². The first-order chi connectivity index (χ1) is 11.1. The summed E-state index contributed by atoms with van der Waals surface area (Å²) in [6.07, 6.45) is 8.57. The van der Waals surface area contributed by atoms with E-state index < -0.39 is 0 Å². The van der Waals surface area contributed by atoms with Crippen molar-refractivity contribution in [2.45, 2.75) is 39.2 Å². The average molecular weight is 334 g/mol. The summed E-state index contributed by atoms with van der Waals surface area (Å²) >= 11 is 1.74. The topological polar surface area (TPSA) is 36.4 Å². The third kappa shape index (κ3) is 4.42. The van der Waals surface area contributed by atoms with Gasteiger partial charge < -0.3 is 9.80 Å². The Morgan fingerprint density at radius 3 is 3.04 bits per heavy atom. The zero-order chi connectivity index (χ0) is 16.2. The number of thiazole rings is 1. The molecular weight excluding hydrogens is 306 g/mol. The largest absolute Gasteiger partial charge is 0.342 e. The van der Waals surface area contributed by atoms with E-state index in [1.807, 2.05) is 5.51 Å². The smallest absolute Gasteiger partial charge is 0.223 e. The highest BCUT2D eigenvalue weighted by atomic mass is 32.1. The second-order valence-corrected chi connectivity index (χ2v) is 7.96. The van der Waals surface area contributed by atoms with Crippen LogP contribution in [0.25, 0.3) is 0 Å². The Labute approximate surface area is 143 Å². The zero-order valence-corrected chi connectivity index (χ0v) is 15.0. The molecular formula is C18H27N3OS. The fourth-order valence-corrected chi connectivity index (χ4v) is 4.51. The third-order valence-corrected chi connectivity index (χ3v) is 5.94. The lowest BCUT2D eigenvalue weighted by atomic mass is 10.0. The molecule has 0 radical (unpaired) electrons. The molecule has 5 heteroatoms. The summed E-state index contributed by atoms with van der Waals surface area (Å²) in [5.74, 6) is 1.44. The monoisotopic (exact) mass is 333 g/mol. The molecule has 0 unspecified atom stereocenters. The van der Waals surface area contributed by atoms with Gasteiger partial charge in [-0.3, -0.25) is 4.79 Å². The molecule has 1 saturated heterocycles. The van der Waals surface area contributed by atoms with Crippen LogP contribution in [0, 0.1) is 18.8 Å². The van der Waals surface area contributed by atoms with Crippen LogP contribution in [-0.4, -0.2) is 47.4 Å². The molecule has 0 aromatic carbocycles. The molecule has 0 spiro atoms. The van der Waals surface area contributed by atoms with Crippen molar-refractivity contribution in [3.63, 3.8) is 0 Å². The van der Waals surface area contributed by atoms with Gasteiger partial charge in [-0.25, -0.2) is 4.98 Å². The first-order valence-corrected chi connectivity index (χ1v) is 9.51. The average Bonchev–Trinajstić information content (AvgIpc) is 3.23. The van der Waals surface area contributed by atoms with Gasteiger partial charge in [-0.1, -0.05) is 12.2 Å². The zero-order valence-electron chi connectivity index (χ0n) is 14.2. The van der Waals surface area contributed by atoms with E-state index in [1.54, 1.807) is 11.3 Å². The van der Waals surface area contributed by atoms with Crippen LogP contribution in [0.4, 0.5) is 0 Å². The molecule has 1 fully saturated rings. The van der Waals surface area contributed by atoms with Crippen LogP contribution < -0.4 is 0 Å². The predicted molar refractivity (Wildman–Crippen MR) is 94.4 cm³/mol. The molecule has 23 heavy (non-hydrogen) atoms. The van der Waals surface area contributed by atoms with Gasteiger partial charge >= 0.3 is 0 Å². The summed E-state index contributed by atoms with van der Waals surface area (Å²) in [5, 5.41) is 0. The molecule has 1 aromatic rings. The molecule has 2 heterocycles. The van der Waals surface area contributed by atoms with E-state index in [9.17, 15) is 4.79 Å². The Hall–Kier alpha value is -1.20. The summed E-state index contributed by atoms with van der Waals surface area (Å²) < 4.78 is 0. The summed E-state index contributed by atoms with van der Waals surface area (Å²) in [6, 6.07) is 0. The van der Waals surface area contributed by atoms with E-state index in [-0.39, 0.29) is 0 Å². The van der Waals surface area contributed by atoms with Gasteiger partial charge in [0.25, 0.3) is 0 Å². The van der Waals surface area contributed by atoms with Crippen LogP contribution in [-0.2, 0) is 11.3 Å². The maximum atomic E-state index is 12.4. The number of nitrogens with zero attached hydrogens (tertiary/aromatic N) is 3. The Morgan fingerprint density at radius 1 is 1.48 bits per heavy atom. The number of hydrogen-bond donors (Lipinski definition) is 0. The number of carbonyl (C=O) groups is 1. The molecule has 1 aliphatic carbocycles. The fraction of sp³-hybridized carbons (Fsp3) is 0.667. The van der Waals surface area contributed by atoms with Crippen molar-refractivity contribution >= 4 is 17.2 Å². The Balaban J connectivity index is 1.43. The number of hydrogen-bond acceptors (Lipinski definition) is 4. The molecule has 126 valence electrons. The number of likely N-dealkylation sites (tertiary alicyclic amines) is 1. The van der Waals surface area contributed by atoms with Crippen LogP contribution in [0.5, 0.6) is 0 Å². The lowest BCUT2D eigenvalue weighted by molar-refractivity contribution is -0.131. The van der Waals surface area contributed by atoms with Gasteiger partial charge in [-0.15, -0.1) is 11.3 Å². The minimum atomic E-state index is 0.352. The van der Waals surface area contributed by atoms with Crippen molar-refractivity contribution in [1.29, 1.82) is 0 Å². The number of amides is 1. The lowest BCUT2D eigenvalue weighted by Gasteiger charge is -2.22. The second kappa shape index (κ2) is 7.58. The molecule has 0 N–H and O–H groups in total. The SMILES string of the molecule is Cc1ncsc1CN(C)C[C@@H]1CCN(C(=O)C[C@@H]2C=CCC2)C1. The Morgan fingerprint density at radius 2 is 2.35 bits per heavy atom. The second-order valence-electron chi connectivity index (χ2n) is 7.02. The quantitative estimate of drug-likeness (QED) is 0.751. The first-order valence-electron chi connectivity index (χ1n) is 8.63. The fourth-order valence-electron chi connectivity index (χ4n) is 3.66. The normalized spacial score (nSPS) is 24.0. The van der Waals surface area contributed by atoms with Crippen LogP contribution in [0.3, 0.4) is 0 Å². The standard InChI is InChI=1S/C18H27N3OS/c1-14-17(23-13-19-14)12-20(2)10-16-7-8-21(11-16)18(22)9-15-5-3-4-6-15/h3,5,13,15-16H,4,6-12H2,1-2H3/t15-,16+/m1/s1. The van der Waals surface area contributed by atoms with Gasteiger partial charge in [0.2, 0.25) is 5.91 Å². The number of aryl methyl sites for hydroxylation is 1. The highest BCUT2D eigenvalue weighted by Gasteiger charge is 2.28. The van der Waals surface area contributed by atoms with Crippen molar-refractivity contribution in [2.75, 3.05) is 26.7 Å². The maximum absolute atomic E-state index is 12.4. The highest BCUT2D eigenvalue weighted by molar-refractivity contribution is 7.09. The van der Waals surface area contributed by atoms with E-state index in [0.29, 0.717) is 24.2 Å². The Bertz CT molecular complexity index is 568. The minimum Gasteiger partial charge on any atom is -0.342 e. The molecule has 3 rings (SSSR count). The van der Waals surface area contributed by atoms with Crippen molar-refractivity contribution in [2.24, 2.45) is 11.8 Å². The van der Waals surface area contributed by atoms with Crippen LogP contribution in [0.15, 0.2) is 17.7 Å². The van der Waals surface area contributed by atoms with Gasteiger partial charge in [-0.2, -0.15) is 0 Å². The molecule has 1 aromatic heterocycles. The molecule has 1 amide bonds. The van der Waals surface area contributed by atoms with E-state index in [1.165, 1.54) is 4.88 Å². The summed E-state index contributed by atoms with van der Waals surface area (Å²) in [7, 11) is 2.17. The van der Waals surface area contributed by atoms with E-state index in [0.717, 1.165) is 51.1 Å². The number of aromatic nitrogens is 1. The van der Waals surface area contributed by atoms with Gasteiger partial charge in [0.05, 0.1) is 11.2 Å². The number of rotatable bonds is 6. The lowest BCUT2D eigenvalue weighted by Crippen LogP contribution is -2.32. The van der Waals surface area contributed by atoms with Crippen molar-refractivity contribution < 1.29 is 4.79 Å². The van der Waals surface area contributed by atoms with E-state index in [4.69, 9.17) is 0 Å². The molecule has 0 saturated carbocycles.